The molecule has 0 fully saturated rings. The van der Waals surface area contributed by atoms with Crippen LogP contribution < -0.4 is 4.74 Å². The third kappa shape index (κ3) is 7.87. The molecule has 1 aromatic carbocycles. The van der Waals surface area contributed by atoms with Crippen LogP contribution >= 0.6 is 0 Å². The van der Waals surface area contributed by atoms with Crippen molar-refractivity contribution in [3.63, 3.8) is 0 Å². The fourth-order valence-corrected chi connectivity index (χ4v) is 3.46. The van der Waals surface area contributed by atoms with Gasteiger partial charge in [0.05, 0.1) is 5.75 Å². The molecule has 0 aromatic heterocycles. The number of nitrogens with zero attached hydrogens (tertiary/aromatic N) is 1. The minimum atomic E-state index is -2.91. The Labute approximate surface area is 128 Å². The van der Waals surface area contributed by atoms with Crippen molar-refractivity contribution in [1.82, 2.24) is 4.90 Å². The van der Waals surface area contributed by atoms with Crippen molar-refractivity contribution in [3.05, 3.63) is 42.5 Å². The summed E-state index contributed by atoms with van der Waals surface area (Å²) >= 11 is 0. The lowest BCUT2D eigenvalue weighted by molar-refractivity contribution is 0.289. The summed E-state index contributed by atoms with van der Waals surface area (Å²) in [5.41, 5.74) is 1.18. The molecule has 1 atom stereocenters. The highest BCUT2D eigenvalue weighted by Crippen LogP contribution is 2.14. The van der Waals surface area contributed by atoms with Gasteiger partial charge in [0.2, 0.25) is 0 Å². The van der Waals surface area contributed by atoms with E-state index in [0.29, 0.717) is 6.61 Å². The predicted octanol–water partition coefficient (Wildman–Crippen LogP) is 2.36. The summed E-state index contributed by atoms with van der Waals surface area (Å²) in [5.74, 6) is 1.18. The van der Waals surface area contributed by atoms with E-state index in [4.69, 9.17) is 4.74 Å². The molecule has 0 aliphatic heterocycles. The lowest BCUT2D eigenvalue weighted by Crippen LogP contribution is -2.27. The lowest BCUT2D eigenvalue weighted by atomic mass is 10.1. The zero-order valence-corrected chi connectivity index (χ0v) is 13.9. The molecule has 4 nitrogen and oxygen atoms in total. The van der Waals surface area contributed by atoms with Crippen molar-refractivity contribution in [2.45, 2.75) is 13.5 Å². The monoisotopic (exact) mass is 311 g/mol. The zero-order valence-electron chi connectivity index (χ0n) is 13.1. The van der Waals surface area contributed by atoms with Crippen molar-refractivity contribution in [1.29, 1.82) is 0 Å². The van der Waals surface area contributed by atoms with Crippen LogP contribution in [-0.4, -0.2) is 45.5 Å². The summed E-state index contributed by atoms with van der Waals surface area (Å²) in [6.45, 7) is 7.61. The van der Waals surface area contributed by atoms with E-state index in [1.807, 2.05) is 38.2 Å². The van der Waals surface area contributed by atoms with Gasteiger partial charge in [-0.2, -0.15) is 0 Å². The standard InChI is InChI=1S/C16H25NO3S/c1-5-10-20-16-8-6-15(7-9-16)12-17(3)11-14(2)13-21(4,18)19/h5-9,14H,1,10-13H2,2-4H3/t14-/m0/s1. The Morgan fingerprint density at radius 2 is 1.95 bits per heavy atom. The Hall–Kier alpha value is -1.33. The van der Waals surface area contributed by atoms with Gasteiger partial charge in [0, 0.05) is 19.3 Å². The Kier molecular flexibility index (Phi) is 6.92. The highest BCUT2D eigenvalue weighted by atomic mass is 32.2. The molecule has 0 bridgehead atoms. The van der Waals surface area contributed by atoms with Crippen molar-refractivity contribution in [2.24, 2.45) is 5.92 Å². The lowest BCUT2D eigenvalue weighted by Gasteiger charge is -2.21. The Bertz CT molecular complexity index is 537. The van der Waals surface area contributed by atoms with Gasteiger partial charge in [-0.3, -0.25) is 0 Å². The maximum absolute atomic E-state index is 11.3. The fourth-order valence-electron chi connectivity index (χ4n) is 2.32. The Morgan fingerprint density at radius 1 is 1.33 bits per heavy atom. The molecule has 5 heteroatoms. The van der Waals surface area contributed by atoms with E-state index in [1.54, 1.807) is 6.08 Å². The summed E-state index contributed by atoms with van der Waals surface area (Å²) in [7, 11) is -0.907. The Balaban J connectivity index is 2.47. The average Bonchev–Trinajstić information content (AvgIpc) is 2.35. The second kappa shape index (κ2) is 8.20. The molecule has 1 aromatic rings. The van der Waals surface area contributed by atoms with Crippen LogP contribution in [0.5, 0.6) is 5.75 Å². The molecule has 0 heterocycles. The third-order valence-corrected chi connectivity index (χ3v) is 4.13. The molecule has 0 N–H and O–H groups in total. The number of ether oxygens (including phenoxy) is 1. The molecule has 21 heavy (non-hydrogen) atoms. The van der Waals surface area contributed by atoms with Crippen LogP contribution in [0.3, 0.4) is 0 Å². The smallest absolute Gasteiger partial charge is 0.147 e. The van der Waals surface area contributed by atoms with Crippen LogP contribution in [-0.2, 0) is 16.4 Å². The van der Waals surface area contributed by atoms with Crippen molar-refractivity contribution in [3.8, 4) is 5.75 Å². The molecule has 118 valence electrons. The number of rotatable bonds is 9. The SMILES string of the molecule is C=CCOc1ccc(CN(C)C[C@H](C)CS(C)(=O)=O)cc1. The molecule has 0 saturated heterocycles. The van der Waals surface area contributed by atoms with Gasteiger partial charge in [0.1, 0.15) is 22.2 Å². The van der Waals surface area contributed by atoms with Gasteiger partial charge in [-0.15, -0.1) is 0 Å². The van der Waals surface area contributed by atoms with E-state index in [1.165, 1.54) is 11.8 Å². The molecule has 1 rings (SSSR count). The topological polar surface area (TPSA) is 46.6 Å². The van der Waals surface area contributed by atoms with E-state index in [2.05, 4.69) is 11.5 Å². The molecular weight excluding hydrogens is 286 g/mol. The first kappa shape index (κ1) is 17.7. The van der Waals surface area contributed by atoms with Crippen LogP contribution in [0.25, 0.3) is 0 Å². The normalized spacial score (nSPS) is 13.1. The molecule has 0 aliphatic rings. The summed E-state index contributed by atoms with van der Waals surface area (Å²) in [6, 6.07) is 7.92. The largest absolute Gasteiger partial charge is 0.490 e. The zero-order chi connectivity index (χ0) is 15.9. The van der Waals surface area contributed by atoms with Crippen molar-refractivity contribution >= 4 is 9.84 Å². The van der Waals surface area contributed by atoms with Crippen molar-refractivity contribution < 1.29 is 13.2 Å². The molecule has 0 unspecified atom stereocenters. The summed E-state index contributed by atoms with van der Waals surface area (Å²) in [5, 5.41) is 0. The maximum atomic E-state index is 11.3. The van der Waals surface area contributed by atoms with Gasteiger partial charge in [-0.25, -0.2) is 8.42 Å². The minimum Gasteiger partial charge on any atom is -0.490 e. The number of benzene rings is 1. The number of hydrogen-bond donors (Lipinski definition) is 0. The average molecular weight is 311 g/mol. The van der Waals surface area contributed by atoms with Gasteiger partial charge in [0.25, 0.3) is 0 Å². The van der Waals surface area contributed by atoms with Crippen LogP contribution in [0, 0.1) is 5.92 Å². The first-order valence-corrected chi connectivity index (χ1v) is 9.05. The molecule has 0 aliphatic carbocycles. The maximum Gasteiger partial charge on any atom is 0.147 e. The summed E-state index contributed by atoms with van der Waals surface area (Å²) < 4.78 is 28.0. The quantitative estimate of drug-likeness (QED) is 0.657. The van der Waals surface area contributed by atoms with Gasteiger partial charge >= 0.3 is 0 Å². The second-order valence-electron chi connectivity index (χ2n) is 5.64. The van der Waals surface area contributed by atoms with Gasteiger partial charge in [-0.1, -0.05) is 31.7 Å². The third-order valence-electron chi connectivity index (χ3n) is 2.95. The molecular formula is C16H25NO3S. The van der Waals surface area contributed by atoms with Gasteiger partial charge < -0.3 is 9.64 Å². The summed E-state index contributed by atoms with van der Waals surface area (Å²) in [6.07, 6.45) is 3.00. The predicted molar refractivity (Wildman–Crippen MR) is 87.3 cm³/mol. The molecule has 0 spiro atoms. The second-order valence-corrected chi connectivity index (χ2v) is 7.82. The van der Waals surface area contributed by atoms with Crippen LogP contribution in [0.4, 0.5) is 0 Å². The van der Waals surface area contributed by atoms with E-state index in [-0.39, 0.29) is 11.7 Å². The van der Waals surface area contributed by atoms with E-state index in [0.717, 1.165) is 18.8 Å². The van der Waals surface area contributed by atoms with E-state index < -0.39 is 9.84 Å². The van der Waals surface area contributed by atoms with Crippen LogP contribution in [0.15, 0.2) is 36.9 Å². The van der Waals surface area contributed by atoms with Crippen molar-refractivity contribution in [2.75, 3.05) is 32.2 Å². The first-order valence-electron chi connectivity index (χ1n) is 6.99. The van der Waals surface area contributed by atoms with Gasteiger partial charge in [0.15, 0.2) is 0 Å². The van der Waals surface area contributed by atoms with Gasteiger partial charge in [-0.05, 0) is 30.7 Å². The number of hydrogen-bond acceptors (Lipinski definition) is 4. The highest BCUT2D eigenvalue weighted by molar-refractivity contribution is 7.90. The Morgan fingerprint density at radius 3 is 2.48 bits per heavy atom. The first-order chi connectivity index (χ1) is 9.80. The minimum absolute atomic E-state index is 0.125. The summed E-state index contributed by atoms with van der Waals surface area (Å²) in [4.78, 5) is 2.13. The van der Waals surface area contributed by atoms with E-state index in [9.17, 15) is 8.42 Å². The van der Waals surface area contributed by atoms with Crippen LogP contribution in [0.1, 0.15) is 12.5 Å². The number of sulfone groups is 1. The van der Waals surface area contributed by atoms with Crippen LogP contribution in [0.2, 0.25) is 0 Å². The van der Waals surface area contributed by atoms with E-state index >= 15 is 0 Å². The molecule has 0 radical (unpaired) electrons. The molecule has 0 saturated carbocycles. The highest BCUT2D eigenvalue weighted by Gasteiger charge is 2.13. The molecule has 0 amide bonds. The fraction of sp³-hybridized carbons (Fsp3) is 0.500.